The number of hydrogen-bond acceptors (Lipinski definition) is 5. The molecule has 5 heteroatoms. The van der Waals surface area contributed by atoms with E-state index in [0.717, 1.165) is 28.5 Å². The van der Waals surface area contributed by atoms with E-state index in [2.05, 4.69) is 41.4 Å². The second-order valence-electron chi connectivity index (χ2n) is 7.06. The highest BCUT2D eigenvalue weighted by Crippen LogP contribution is 2.25. The quantitative estimate of drug-likeness (QED) is 0.671. The van der Waals surface area contributed by atoms with Crippen LogP contribution in [-0.2, 0) is 0 Å². The summed E-state index contributed by atoms with van der Waals surface area (Å²) in [5, 5.41) is 6.70. The zero-order chi connectivity index (χ0) is 18.6. The summed E-state index contributed by atoms with van der Waals surface area (Å²) in [6.45, 7) is 6.31. The molecule has 0 aliphatic rings. The fraction of sp³-hybridized carbons (Fsp3) is 0.238. The van der Waals surface area contributed by atoms with Crippen LogP contribution in [0.1, 0.15) is 20.8 Å². The van der Waals surface area contributed by atoms with E-state index in [1.165, 1.54) is 0 Å². The lowest BCUT2D eigenvalue weighted by Gasteiger charge is -2.22. The Bertz CT molecular complexity index is 873. The molecule has 0 unspecified atom stereocenters. The van der Waals surface area contributed by atoms with Gasteiger partial charge in [0.05, 0.1) is 12.8 Å². The van der Waals surface area contributed by atoms with Crippen molar-refractivity contribution < 1.29 is 4.74 Å². The highest BCUT2D eigenvalue weighted by atomic mass is 16.5. The predicted molar refractivity (Wildman–Crippen MR) is 107 cm³/mol. The molecule has 2 N–H and O–H groups in total. The summed E-state index contributed by atoms with van der Waals surface area (Å²) in [5.74, 6) is 2.09. The molecular weight excluding hydrogens is 324 g/mol. The lowest BCUT2D eigenvalue weighted by Crippen LogP contribution is -2.26. The van der Waals surface area contributed by atoms with E-state index >= 15 is 0 Å². The van der Waals surface area contributed by atoms with Crippen LogP contribution >= 0.6 is 0 Å². The van der Waals surface area contributed by atoms with Crippen molar-refractivity contribution in [3.63, 3.8) is 0 Å². The first-order chi connectivity index (χ1) is 12.4. The van der Waals surface area contributed by atoms with Crippen LogP contribution in [0.15, 0.2) is 60.7 Å². The van der Waals surface area contributed by atoms with Gasteiger partial charge in [-0.05, 0) is 32.9 Å². The van der Waals surface area contributed by atoms with E-state index in [1.807, 2.05) is 60.7 Å². The Morgan fingerprint density at radius 2 is 1.65 bits per heavy atom. The van der Waals surface area contributed by atoms with Gasteiger partial charge in [0, 0.05) is 28.9 Å². The normalized spacial score (nSPS) is 11.1. The lowest BCUT2D eigenvalue weighted by molar-refractivity contribution is 0.415. The van der Waals surface area contributed by atoms with Crippen molar-refractivity contribution >= 4 is 17.5 Å². The molecule has 0 bridgehead atoms. The molecule has 1 aromatic heterocycles. The Hall–Kier alpha value is -3.08. The molecule has 0 saturated heterocycles. The van der Waals surface area contributed by atoms with Gasteiger partial charge in [-0.1, -0.05) is 36.4 Å². The maximum absolute atomic E-state index is 5.28. The van der Waals surface area contributed by atoms with Crippen molar-refractivity contribution in [3.8, 4) is 17.0 Å². The Labute approximate surface area is 154 Å². The molecule has 0 saturated carbocycles. The van der Waals surface area contributed by atoms with Crippen molar-refractivity contribution in [2.45, 2.75) is 26.3 Å². The van der Waals surface area contributed by atoms with Crippen molar-refractivity contribution in [2.75, 3.05) is 17.7 Å². The van der Waals surface area contributed by atoms with E-state index in [4.69, 9.17) is 4.74 Å². The van der Waals surface area contributed by atoms with Gasteiger partial charge in [-0.15, -0.1) is 0 Å². The molecule has 0 fully saturated rings. The van der Waals surface area contributed by atoms with Gasteiger partial charge in [0.1, 0.15) is 11.6 Å². The van der Waals surface area contributed by atoms with Crippen LogP contribution in [-0.4, -0.2) is 22.6 Å². The first-order valence-electron chi connectivity index (χ1n) is 8.57. The second-order valence-corrected chi connectivity index (χ2v) is 7.06. The van der Waals surface area contributed by atoms with Gasteiger partial charge in [-0.2, -0.15) is 4.98 Å². The molecule has 0 atom stereocenters. The first kappa shape index (κ1) is 17.7. The molecule has 3 rings (SSSR count). The van der Waals surface area contributed by atoms with Gasteiger partial charge in [-0.3, -0.25) is 0 Å². The summed E-state index contributed by atoms with van der Waals surface area (Å²) in [5.41, 5.74) is 2.67. The monoisotopic (exact) mass is 348 g/mol. The summed E-state index contributed by atoms with van der Waals surface area (Å²) >= 11 is 0. The van der Waals surface area contributed by atoms with E-state index < -0.39 is 0 Å². The topological polar surface area (TPSA) is 59.1 Å². The summed E-state index contributed by atoms with van der Waals surface area (Å²) < 4.78 is 5.28. The highest BCUT2D eigenvalue weighted by Gasteiger charge is 2.13. The fourth-order valence-electron chi connectivity index (χ4n) is 2.54. The number of anilines is 3. The van der Waals surface area contributed by atoms with Crippen LogP contribution in [0.2, 0.25) is 0 Å². The molecule has 0 aliphatic heterocycles. The SMILES string of the molecule is COc1cccc(Nc2nc(NC(C)(C)C)cc(-c3ccccc3)n2)c1. The standard InChI is InChI=1S/C21H24N4O/c1-21(2,3)25-19-14-18(15-9-6-5-7-10-15)23-20(24-19)22-16-11-8-12-17(13-16)26-4/h5-14H,1-4H3,(H2,22,23,24,25). The van der Waals surface area contributed by atoms with Crippen molar-refractivity contribution in [2.24, 2.45) is 0 Å². The Balaban J connectivity index is 1.98. The molecule has 0 aliphatic carbocycles. The lowest BCUT2D eigenvalue weighted by atomic mass is 10.1. The van der Waals surface area contributed by atoms with Crippen LogP contribution in [0.4, 0.5) is 17.5 Å². The third kappa shape index (κ3) is 4.72. The van der Waals surface area contributed by atoms with Crippen molar-refractivity contribution in [1.29, 1.82) is 0 Å². The van der Waals surface area contributed by atoms with Crippen LogP contribution in [0.3, 0.4) is 0 Å². The number of nitrogens with one attached hydrogen (secondary N) is 2. The Morgan fingerprint density at radius 3 is 2.35 bits per heavy atom. The van der Waals surface area contributed by atoms with Gasteiger partial charge in [0.25, 0.3) is 0 Å². The second kappa shape index (κ2) is 7.44. The van der Waals surface area contributed by atoms with Crippen molar-refractivity contribution in [1.82, 2.24) is 9.97 Å². The number of ether oxygens (including phenoxy) is 1. The number of hydrogen-bond donors (Lipinski definition) is 2. The zero-order valence-electron chi connectivity index (χ0n) is 15.6. The Morgan fingerprint density at radius 1 is 0.885 bits per heavy atom. The third-order valence-electron chi connectivity index (χ3n) is 3.62. The molecule has 3 aromatic rings. The number of aromatic nitrogens is 2. The van der Waals surface area contributed by atoms with Gasteiger partial charge in [-0.25, -0.2) is 4.98 Å². The van der Waals surface area contributed by atoms with E-state index in [-0.39, 0.29) is 5.54 Å². The van der Waals surface area contributed by atoms with Gasteiger partial charge in [0.15, 0.2) is 0 Å². The molecule has 134 valence electrons. The van der Waals surface area contributed by atoms with E-state index in [9.17, 15) is 0 Å². The average molecular weight is 348 g/mol. The summed E-state index contributed by atoms with van der Waals surface area (Å²) in [6, 6.07) is 19.7. The number of benzene rings is 2. The van der Waals surface area contributed by atoms with Crippen LogP contribution in [0.25, 0.3) is 11.3 Å². The minimum atomic E-state index is -0.102. The molecule has 5 nitrogen and oxygen atoms in total. The fourth-order valence-corrected chi connectivity index (χ4v) is 2.54. The molecule has 0 radical (unpaired) electrons. The minimum Gasteiger partial charge on any atom is -0.497 e. The van der Waals surface area contributed by atoms with E-state index in [0.29, 0.717) is 5.95 Å². The third-order valence-corrected chi connectivity index (χ3v) is 3.62. The van der Waals surface area contributed by atoms with Crippen LogP contribution in [0, 0.1) is 0 Å². The van der Waals surface area contributed by atoms with Gasteiger partial charge >= 0.3 is 0 Å². The maximum Gasteiger partial charge on any atom is 0.229 e. The van der Waals surface area contributed by atoms with Crippen LogP contribution < -0.4 is 15.4 Å². The van der Waals surface area contributed by atoms with Gasteiger partial charge < -0.3 is 15.4 Å². The number of nitrogens with zero attached hydrogens (tertiary/aromatic N) is 2. The average Bonchev–Trinajstić information content (AvgIpc) is 2.61. The number of methoxy groups -OCH3 is 1. The highest BCUT2D eigenvalue weighted by molar-refractivity contribution is 5.66. The predicted octanol–water partition coefficient (Wildman–Crippen LogP) is 5.11. The van der Waals surface area contributed by atoms with E-state index in [1.54, 1.807) is 7.11 Å². The minimum absolute atomic E-state index is 0.102. The van der Waals surface area contributed by atoms with Crippen molar-refractivity contribution in [3.05, 3.63) is 60.7 Å². The molecule has 0 amide bonds. The summed E-state index contributed by atoms with van der Waals surface area (Å²) in [4.78, 5) is 9.30. The molecule has 0 spiro atoms. The number of rotatable bonds is 5. The first-order valence-corrected chi connectivity index (χ1v) is 8.57. The molecular formula is C21H24N4O. The summed E-state index contributed by atoms with van der Waals surface area (Å²) in [7, 11) is 1.65. The molecule has 1 heterocycles. The Kier molecular flexibility index (Phi) is 5.07. The smallest absolute Gasteiger partial charge is 0.229 e. The van der Waals surface area contributed by atoms with Gasteiger partial charge in [0.2, 0.25) is 5.95 Å². The maximum atomic E-state index is 5.28. The molecule has 2 aromatic carbocycles. The largest absolute Gasteiger partial charge is 0.497 e. The molecule has 26 heavy (non-hydrogen) atoms. The van der Waals surface area contributed by atoms with Crippen LogP contribution in [0.5, 0.6) is 5.75 Å². The summed E-state index contributed by atoms with van der Waals surface area (Å²) in [6.07, 6.45) is 0. The zero-order valence-corrected chi connectivity index (χ0v) is 15.6.